The summed E-state index contributed by atoms with van der Waals surface area (Å²) in [6, 6.07) is 5.43. The number of rotatable bonds is 5. The molecule has 0 aliphatic carbocycles. The first-order valence-corrected chi connectivity index (χ1v) is 6.71. The first-order valence-electron chi connectivity index (χ1n) is 5.83. The predicted molar refractivity (Wildman–Crippen MR) is 79.3 cm³/mol. The smallest absolute Gasteiger partial charge is 0.250 e. The van der Waals surface area contributed by atoms with Crippen LogP contribution in [-0.4, -0.2) is 25.1 Å². The minimum atomic E-state index is -0.227. The van der Waals surface area contributed by atoms with Gasteiger partial charge in [0, 0.05) is 17.7 Å². The van der Waals surface area contributed by atoms with Crippen LogP contribution in [0.5, 0.6) is 11.5 Å². The number of carbonyl (C=O) groups excluding carboxylic acids is 1. The SMILES string of the molecule is COc1ccc(/C=C/C(=O)Nc2nccs2)cc1OC. The van der Waals surface area contributed by atoms with Crippen LogP contribution in [0.3, 0.4) is 0 Å². The van der Waals surface area contributed by atoms with Gasteiger partial charge in [-0.1, -0.05) is 6.07 Å². The summed E-state index contributed by atoms with van der Waals surface area (Å²) in [5, 5.41) is 5.04. The fourth-order valence-corrected chi connectivity index (χ4v) is 2.09. The third-order valence-corrected chi connectivity index (χ3v) is 3.19. The van der Waals surface area contributed by atoms with Crippen LogP contribution in [0.25, 0.3) is 6.08 Å². The number of methoxy groups -OCH3 is 2. The Labute approximate surface area is 120 Å². The number of amides is 1. The Balaban J connectivity index is 2.05. The van der Waals surface area contributed by atoms with Gasteiger partial charge in [-0.25, -0.2) is 4.98 Å². The normalized spacial score (nSPS) is 10.5. The quantitative estimate of drug-likeness (QED) is 0.860. The molecule has 0 aliphatic rings. The molecule has 0 radical (unpaired) electrons. The van der Waals surface area contributed by atoms with Crippen LogP contribution in [0.15, 0.2) is 35.9 Å². The number of ether oxygens (including phenoxy) is 2. The molecule has 0 bridgehead atoms. The van der Waals surface area contributed by atoms with Crippen molar-refractivity contribution in [2.45, 2.75) is 0 Å². The number of anilines is 1. The molecule has 104 valence electrons. The lowest BCUT2D eigenvalue weighted by Gasteiger charge is -2.07. The highest BCUT2D eigenvalue weighted by atomic mass is 32.1. The Bertz CT molecular complexity index is 609. The second-order valence-electron chi connectivity index (χ2n) is 3.77. The van der Waals surface area contributed by atoms with Crippen molar-refractivity contribution in [1.29, 1.82) is 0 Å². The van der Waals surface area contributed by atoms with Crippen molar-refractivity contribution >= 4 is 28.5 Å². The molecule has 1 aromatic carbocycles. The first kappa shape index (κ1) is 14.1. The Morgan fingerprint density at radius 1 is 1.30 bits per heavy atom. The van der Waals surface area contributed by atoms with Gasteiger partial charge < -0.3 is 9.47 Å². The van der Waals surface area contributed by atoms with Crippen molar-refractivity contribution in [2.75, 3.05) is 19.5 Å². The van der Waals surface area contributed by atoms with Gasteiger partial charge in [-0.2, -0.15) is 0 Å². The molecule has 2 aromatic rings. The second kappa shape index (κ2) is 6.72. The zero-order valence-corrected chi connectivity index (χ0v) is 11.9. The van der Waals surface area contributed by atoms with Crippen LogP contribution < -0.4 is 14.8 Å². The van der Waals surface area contributed by atoms with Crippen molar-refractivity contribution < 1.29 is 14.3 Å². The summed E-state index contributed by atoms with van der Waals surface area (Å²) in [6.07, 6.45) is 4.78. The zero-order chi connectivity index (χ0) is 14.4. The topological polar surface area (TPSA) is 60.5 Å². The van der Waals surface area contributed by atoms with E-state index in [-0.39, 0.29) is 5.91 Å². The van der Waals surface area contributed by atoms with Gasteiger partial charge in [-0.15, -0.1) is 11.3 Å². The number of benzene rings is 1. The summed E-state index contributed by atoms with van der Waals surface area (Å²) in [6.45, 7) is 0. The highest BCUT2D eigenvalue weighted by Gasteiger charge is 2.03. The van der Waals surface area contributed by atoms with Crippen LogP contribution in [0, 0.1) is 0 Å². The molecular formula is C14H14N2O3S. The summed E-state index contributed by atoms with van der Waals surface area (Å²) < 4.78 is 10.4. The van der Waals surface area contributed by atoms with Crippen molar-refractivity contribution in [2.24, 2.45) is 0 Å². The summed E-state index contributed by atoms with van der Waals surface area (Å²) in [4.78, 5) is 15.7. The monoisotopic (exact) mass is 290 g/mol. The van der Waals surface area contributed by atoms with Gasteiger partial charge in [0.1, 0.15) is 0 Å². The molecule has 1 aromatic heterocycles. The molecule has 0 spiro atoms. The van der Waals surface area contributed by atoms with E-state index in [1.807, 2.05) is 6.07 Å². The van der Waals surface area contributed by atoms with E-state index in [1.54, 1.807) is 44.0 Å². The standard InChI is InChI=1S/C14H14N2O3S/c1-18-11-5-3-10(9-12(11)19-2)4-6-13(17)16-14-15-7-8-20-14/h3-9H,1-2H3,(H,15,16,17)/b6-4+. The molecule has 5 nitrogen and oxygen atoms in total. The summed E-state index contributed by atoms with van der Waals surface area (Å²) in [5.41, 5.74) is 0.844. The lowest BCUT2D eigenvalue weighted by Crippen LogP contribution is -2.07. The van der Waals surface area contributed by atoms with Crippen molar-refractivity contribution in [3.05, 3.63) is 41.4 Å². The van der Waals surface area contributed by atoms with E-state index in [0.29, 0.717) is 16.6 Å². The van der Waals surface area contributed by atoms with Gasteiger partial charge in [-0.05, 0) is 23.8 Å². The summed E-state index contributed by atoms with van der Waals surface area (Å²) >= 11 is 1.37. The number of thiazole rings is 1. The molecule has 0 aliphatic heterocycles. The number of aromatic nitrogens is 1. The van der Waals surface area contributed by atoms with Crippen LogP contribution in [0.2, 0.25) is 0 Å². The van der Waals surface area contributed by atoms with Gasteiger partial charge in [0.2, 0.25) is 5.91 Å². The minimum Gasteiger partial charge on any atom is -0.493 e. The fraction of sp³-hybridized carbons (Fsp3) is 0.143. The van der Waals surface area contributed by atoms with Crippen LogP contribution in [0.1, 0.15) is 5.56 Å². The predicted octanol–water partition coefficient (Wildman–Crippen LogP) is 2.81. The molecule has 1 amide bonds. The fourth-order valence-electron chi connectivity index (χ4n) is 1.56. The number of carbonyl (C=O) groups is 1. The number of hydrogen-bond acceptors (Lipinski definition) is 5. The Morgan fingerprint density at radius 2 is 2.10 bits per heavy atom. The maximum Gasteiger partial charge on any atom is 0.250 e. The third kappa shape index (κ3) is 3.58. The minimum absolute atomic E-state index is 0.227. The molecule has 0 saturated heterocycles. The van der Waals surface area contributed by atoms with E-state index in [1.165, 1.54) is 17.4 Å². The van der Waals surface area contributed by atoms with Gasteiger partial charge >= 0.3 is 0 Å². The average Bonchev–Trinajstić information content (AvgIpc) is 2.97. The Morgan fingerprint density at radius 3 is 2.75 bits per heavy atom. The lowest BCUT2D eigenvalue weighted by molar-refractivity contribution is -0.111. The third-order valence-electron chi connectivity index (χ3n) is 2.50. The molecule has 6 heteroatoms. The van der Waals surface area contributed by atoms with Crippen LogP contribution in [0.4, 0.5) is 5.13 Å². The van der Waals surface area contributed by atoms with Gasteiger partial charge in [0.25, 0.3) is 0 Å². The van der Waals surface area contributed by atoms with Crippen molar-refractivity contribution in [3.8, 4) is 11.5 Å². The number of nitrogens with one attached hydrogen (secondary N) is 1. The molecule has 20 heavy (non-hydrogen) atoms. The molecule has 0 atom stereocenters. The maximum absolute atomic E-state index is 11.7. The summed E-state index contributed by atoms with van der Waals surface area (Å²) in [5.74, 6) is 1.04. The molecule has 2 rings (SSSR count). The van der Waals surface area contributed by atoms with Gasteiger partial charge in [0.15, 0.2) is 16.6 Å². The summed E-state index contributed by atoms with van der Waals surface area (Å²) in [7, 11) is 3.15. The zero-order valence-electron chi connectivity index (χ0n) is 11.1. The van der Waals surface area contributed by atoms with E-state index in [4.69, 9.17) is 9.47 Å². The van der Waals surface area contributed by atoms with Crippen LogP contribution in [-0.2, 0) is 4.79 Å². The molecule has 1 N–H and O–H groups in total. The second-order valence-corrected chi connectivity index (χ2v) is 4.67. The average molecular weight is 290 g/mol. The Hall–Kier alpha value is -2.34. The number of hydrogen-bond donors (Lipinski definition) is 1. The number of nitrogens with zero attached hydrogens (tertiary/aromatic N) is 1. The molecular weight excluding hydrogens is 276 g/mol. The van der Waals surface area contributed by atoms with Crippen LogP contribution >= 0.6 is 11.3 Å². The lowest BCUT2D eigenvalue weighted by atomic mass is 10.2. The van der Waals surface area contributed by atoms with Crippen molar-refractivity contribution in [3.63, 3.8) is 0 Å². The van der Waals surface area contributed by atoms with Crippen molar-refractivity contribution in [1.82, 2.24) is 4.98 Å². The molecule has 1 heterocycles. The molecule has 0 saturated carbocycles. The molecule has 0 fully saturated rings. The molecule has 0 unspecified atom stereocenters. The van der Waals surface area contributed by atoms with E-state index < -0.39 is 0 Å². The van der Waals surface area contributed by atoms with E-state index in [9.17, 15) is 4.79 Å². The maximum atomic E-state index is 11.7. The highest BCUT2D eigenvalue weighted by Crippen LogP contribution is 2.27. The Kier molecular flexibility index (Phi) is 4.73. The van der Waals surface area contributed by atoms with E-state index in [2.05, 4.69) is 10.3 Å². The van der Waals surface area contributed by atoms with Gasteiger partial charge in [0.05, 0.1) is 14.2 Å². The largest absolute Gasteiger partial charge is 0.493 e. The van der Waals surface area contributed by atoms with Gasteiger partial charge in [-0.3, -0.25) is 10.1 Å². The first-order chi connectivity index (χ1) is 9.72. The van der Waals surface area contributed by atoms with E-state index >= 15 is 0 Å². The highest BCUT2D eigenvalue weighted by molar-refractivity contribution is 7.13. The van der Waals surface area contributed by atoms with E-state index in [0.717, 1.165) is 5.56 Å².